The van der Waals surface area contributed by atoms with Crippen LogP contribution in [-0.4, -0.2) is 36.7 Å². The van der Waals surface area contributed by atoms with Crippen molar-refractivity contribution in [3.63, 3.8) is 0 Å². The van der Waals surface area contributed by atoms with E-state index in [1.165, 1.54) is 6.07 Å². The molecule has 1 N–H and O–H groups in total. The Morgan fingerprint density at radius 2 is 1.91 bits per heavy atom. The average Bonchev–Trinajstić information content (AvgIpc) is 3.17. The van der Waals surface area contributed by atoms with Gasteiger partial charge in [0.25, 0.3) is 0 Å². The van der Waals surface area contributed by atoms with E-state index in [4.69, 9.17) is 0 Å². The van der Waals surface area contributed by atoms with E-state index in [-0.39, 0.29) is 31.0 Å². The molecule has 170 valence electrons. The number of hydrogen-bond donors (Lipinski definition) is 1. The number of benzene rings is 2. The standard InChI is InChI=1S/C22H24F2N4O3S/c1-16-25-11-13-27(16)21-7-4-3-6-17(21)15-26-22(29)8-5-12-28(32(2,30)31)18-9-10-19(23)20(24)14-18/h3-4,6-7,9-11,13-14H,5,8,12,15H2,1-2H3,(H,26,29). The van der Waals surface area contributed by atoms with Crippen molar-refractivity contribution in [3.8, 4) is 5.69 Å². The van der Waals surface area contributed by atoms with Crippen LogP contribution in [0.5, 0.6) is 0 Å². The average molecular weight is 463 g/mol. The van der Waals surface area contributed by atoms with Gasteiger partial charge in [-0.3, -0.25) is 9.10 Å². The Balaban J connectivity index is 1.59. The monoisotopic (exact) mass is 462 g/mol. The Kier molecular flexibility index (Phi) is 7.24. The van der Waals surface area contributed by atoms with Crippen molar-refractivity contribution >= 4 is 21.6 Å². The maximum atomic E-state index is 13.5. The fraction of sp³-hybridized carbons (Fsp3) is 0.273. The molecule has 0 saturated heterocycles. The largest absolute Gasteiger partial charge is 0.352 e. The van der Waals surface area contributed by atoms with Crippen molar-refractivity contribution < 1.29 is 22.0 Å². The van der Waals surface area contributed by atoms with Crippen molar-refractivity contribution in [2.75, 3.05) is 17.1 Å². The molecule has 0 saturated carbocycles. The van der Waals surface area contributed by atoms with Gasteiger partial charge in [-0.15, -0.1) is 0 Å². The topological polar surface area (TPSA) is 84.3 Å². The first-order chi connectivity index (χ1) is 15.2. The SMILES string of the molecule is Cc1nccn1-c1ccccc1CNC(=O)CCCN(c1ccc(F)c(F)c1)S(C)(=O)=O. The number of anilines is 1. The van der Waals surface area contributed by atoms with Crippen LogP contribution < -0.4 is 9.62 Å². The number of aryl methyl sites for hydroxylation is 1. The van der Waals surface area contributed by atoms with E-state index < -0.39 is 21.7 Å². The maximum Gasteiger partial charge on any atom is 0.232 e. The molecule has 3 rings (SSSR count). The molecule has 0 unspecified atom stereocenters. The zero-order valence-corrected chi connectivity index (χ0v) is 18.6. The Labute approximate surface area is 185 Å². The van der Waals surface area contributed by atoms with Crippen molar-refractivity contribution in [2.45, 2.75) is 26.3 Å². The molecule has 32 heavy (non-hydrogen) atoms. The lowest BCUT2D eigenvalue weighted by molar-refractivity contribution is -0.121. The first-order valence-corrected chi connectivity index (χ1v) is 11.8. The molecule has 0 fully saturated rings. The Morgan fingerprint density at radius 3 is 2.56 bits per heavy atom. The number of carbonyl (C=O) groups is 1. The second-order valence-electron chi connectivity index (χ2n) is 7.29. The molecule has 3 aromatic rings. The maximum absolute atomic E-state index is 13.5. The Bertz CT molecular complexity index is 1210. The van der Waals surface area contributed by atoms with Gasteiger partial charge in [0.2, 0.25) is 15.9 Å². The summed E-state index contributed by atoms with van der Waals surface area (Å²) >= 11 is 0. The third-order valence-electron chi connectivity index (χ3n) is 4.91. The number of carbonyl (C=O) groups excluding carboxylic acids is 1. The number of nitrogens with one attached hydrogen (secondary N) is 1. The van der Waals surface area contributed by atoms with Gasteiger partial charge < -0.3 is 9.88 Å². The van der Waals surface area contributed by atoms with Crippen LogP contribution in [-0.2, 0) is 21.4 Å². The van der Waals surface area contributed by atoms with Crippen LogP contribution in [0.4, 0.5) is 14.5 Å². The minimum Gasteiger partial charge on any atom is -0.352 e. The van der Waals surface area contributed by atoms with Crippen LogP contribution in [0.25, 0.3) is 5.69 Å². The highest BCUT2D eigenvalue weighted by Crippen LogP contribution is 2.21. The second-order valence-corrected chi connectivity index (χ2v) is 9.19. The number of hydrogen-bond acceptors (Lipinski definition) is 4. The van der Waals surface area contributed by atoms with Gasteiger partial charge in [-0.2, -0.15) is 0 Å². The van der Waals surface area contributed by atoms with Crippen LogP contribution in [0.2, 0.25) is 0 Å². The highest BCUT2D eigenvalue weighted by atomic mass is 32.2. The Morgan fingerprint density at radius 1 is 1.16 bits per heavy atom. The van der Waals surface area contributed by atoms with Gasteiger partial charge in [0.15, 0.2) is 11.6 Å². The van der Waals surface area contributed by atoms with Crippen LogP contribution in [0.15, 0.2) is 54.9 Å². The predicted molar refractivity (Wildman–Crippen MR) is 118 cm³/mol. The van der Waals surface area contributed by atoms with E-state index in [2.05, 4.69) is 10.3 Å². The highest BCUT2D eigenvalue weighted by Gasteiger charge is 2.19. The molecule has 1 heterocycles. The summed E-state index contributed by atoms with van der Waals surface area (Å²) in [5.41, 5.74) is 1.82. The summed E-state index contributed by atoms with van der Waals surface area (Å²) in [5, 5.41) is 2.84. The van der Waals surface area contributed by atoms with Crippen LogP contribution in [0.3, 0.4) is 0 Å². The molecular formula is C22H24F2N4O3S. The number of rotatable bonds is 9. The molecule has 1 amide bonds. The molecule has 2 aromatic carbocycles. The van der Waals surface area contributed by atoms with Crippen molar-refractivity contribution in [1.82, 2.24) is 14.9 Å². The van der Waals surface area contributed by atoms with Crippen molar-refractivity contribution in [2.24, 2.45) is 0 Å². The molecule has 7 nitrogen and oxygen atoms in total. The summed E-state index contributed by atoms with van der Waals surface area (Å²) in [6, 6.07) is 10.5. The van der Waals surface area contributed by atoms with Crippen molar-refractivity contribution in [3.05, 3.63) is 77.9 Å². The summed E-state index contributed by atoms with van der Waals surface area (Å²) in [6.07, 6.45) is 4.80. The van der Waals surface area contributed by atoms with Gasteiger partial charge in [-0.1, -0.05) is 18.2 Å². The smallest absolute Gasteiger partial charge is 0.232 e. The molecule has 0 aliphatic rings. The van der Waals surface area contributed by atoms with E-state index in [1.54, 1.807) is 6.20 Å². The highest BCUT2D eigenvalue weighted by molar-refractivity contribution is 7.92. The van der Waals surface area contributed by atoms with Crippen LogP contribution in [0, 0.1) is 18.6 Å². The number of sulfonamides is 1. The predicted octanol–water partition coefficient (Wildman–Crippen LogP) is 3.32. The number of amides is 1. The molecule has 0 bridgehead atoms. The second kappa shape index (κ2) is 9.90. The summed E-state index contributed by atoms with van der Waals surface area (Å²) < 4.78 is 53.8. The molecule has 0 atom stereocenters. The fourth-order valence-electron chi connectivity index (χ4n) is 3.32. The third kappa shape index (κ3) is 5.70. The van der Waals surface area contributed by atoms with E-state index in [1.807, 2.05) is 42.0 Å². The van der Waals surface area contributed by atoms with Crippen LogP contribution >= 0.6 is 0 Å². The number of nitrogens with zero attached hydrogens (tertiary/aromatic N) is 3. The van der Waals surface area contributed by atoms with Crippen molar-refractivity contribution in [1.29, 1.82) is 0 Å². The summed E-state index contributed by atoms with van der Waals surface area (Å²) in [7, 11) is -3.73. The lowest BCUT2D eigenvalue weighted by Crippen LogP contribution is -2.32. The first-order valence-electron chi connectivity index (χ1n) is 9.94. The van der Waals surface area contributed by atoms with Gasteiger partial charge in [-0.05, 0) is 37.1 Å². The first kappa shape index (κ1) is 23.4. The molecular weight excluding hydrogens is 438 g/mol. The third-order valence-corrected chi connectivity index (χ3v) is 6.10. The fourth-order valence-corrected chi connectivity index (χ4v) is 4.28. The quantitative estimate of drug-likeness (QED) is 0.529. The van der Waals surface area contributed by atoms with E-state index in [0.717, 1.165) is 39.8 Å². The van der Waals surface area contributed by atoms with Gasteiger partial charge in [0.1, 0.15) is 5.82 Å². The number of aromatic nitrogens is 2. The van der Waals surface area contributed by atoms with E-state index in [0.29, 0.717) is 6.54 Å². The minimum absolute atomic E-state index is 0.0106. The normalized spacial score (nSPS) is 11.4. The Hall–Kier alpha value is -3.27. The van der Waals surface area contributed by atoms with Gasteiger partial charge in [0.05, 0.1) is 17.6 Å². The summed E-state index contributed by atoms with van der Waals surface area (Å²) in [4.78, 5) is 16.6. The molecule has 10 heteroatoms. The van der Waals surface area contributed by atoms with E-state index in [9.17, 15) is 22.0 Å². The van der Waals surface area contributed by atoms with Gasteiger partial charge >= 0.3 is 0 Å². The number of halogens is 2. The lowest BCUT2D eigenvalue weighted by Gasteiger charge is -2.22. The zero-order chi connectivity index (χ0) is 23.3. The lowest BCUT2D eigenvalue weighted by atomic mass is 10.1. The number of imidazole rings is 1. The molecule has 0 aliphatic heterocycles. The molecule has 0 radical (unpaired) electrons. The van der Waals surface area contributed by atoms with Gasteiger partial charge in [0, 0.05) is 38.0 Å². The molecule has 1 aromatic heterocycles. The summed E-state index contributed by atoms with van der Waals surface area (Å²) in [6.45, 7) is 2.14. The number of para-hydroxylation sites is 1. The zero-order valence-electron chi connectivity index (χ0n) is 17.8. The molecule has 0 aliphatic carbocycles. The van der Waals surface area contributed by atoms with Gasteiger partial charge in [-0.25, -0.2) is 22.2 Å². The minimum atomic E-state index is -3.73. The molecule has 0 spiro atoms. The van der Waals surface area contributed by atoms with Crippen LogP contribution in [0.1, 0.15) is 24.2 Å². The van der Waals surface area contributed by atoms with E-state index >= 15 is 0 Å². The summed E-state index contributed by atoms with van der Waals surface area (Å²) in [5.74, 6) is -1.63.